The van der Waals surface area contributed by atoms with E-state index in [2.05, 4.69) is 10.1 Å². The predicted molar refractivity (Wildman–Crippen MR) is 144 cm³/mol. The van der Waals surface area contributed by atoms with E-state index in [1.54, 1.807) is 40.0 Å². The van der Waals surface area contributed by atoms with Crippen LogP contribution in [-0.2, 0) is 24.2 Å². The summed E-state index contributed by atoms with van der Waals surface area (Å²) >= 11 is 5.83. The van der Waals surface area contributed by atoms with Gasteiger partial charge >= 0.3 is 5.97 Å². The van der Waals surface area contributed by atoms with Crippen LogP contribution in [0.4, 0.5) is 4.39 Å². The molecule has 4 aromatic rings. The molecule has 1 aromatic carbocycles. The molecular formula is C28H28ClFN6O4. The minimum atomic E-state index is -1.07. The molecule has 2 saturated heterocycles. The number of carboxylic acid groups (broad SMARTS) is 1. The second-order valence-electron chi connectivity index (χ2n) is 10.3. The molecule has 208 valence electrons. The van der Waals surface area contributed by atoms with Gasteiger partial charge in [-0.15, -0.1) is 0 Å². The van der Waals surface area contributed by atoms with Crippen LogP contribution in [0.2, 0.25) is 5.02 Å². The average Bonchev–Trinajstić information content (AvgIpc) is 3.52. The zero-order chi connectivity index (χ0) is 27.8. The van der Waals surface area contributed by atoms with Crippen LogP contribution in [0.5, 0.6) is 0 Å². The van der Waals surface area contributed by atoms with E-state index in [-0.39, 0.29) is 24.2 Å². The maximum Gasteiger partial charge on any atom is 0.354 e. The maximum absolute atomic E-state index is 14.2. The number of carbonyl (C=O) groups is 2. The lowest BCUT2D eigenvalue weighted by atomic mass is 9.93. The van der Waals surface area contributed by atoms with Crippen LogP contribution in [0.25, 0.3) is 11.2 Å². The van der Waals surface area contributed by atoms with Crippen molar-refractivity contribution in [3.8, 4) is 0 Å². The Kier molecular flexibility index (Phi) is 7.24. The first-order chi connectivity index (χ1) is 19.3. The zero-order valence-electron chi connectivity index (χ0n) is 21.7. The number of carbonyl (C=O) groups excluding carboxylic acids is 1. The van der Waals surface area contributed by atoms with Gasteiger partial charge in [-0.3, -0.25) is 9.48 Å². The second-order valence-corrected chi connectivity index (χ2v) is 10.8. The van der Waals surface area contributed by atoms with Crippen LogP contribution >= 0.6 is 11.6 Å². The van der Waals surface area contributed by atoms with Crippen molar-refractivity contribution >= 4 is 34.6 Å². The van der Waals surface area contributed by atoms with Gasteiger partial charge in [-0.1, -0.05) is 17.7 Å². The Bertz CT molecular complexity index is 1570. The van der Waals surface area contributed by atoms with Gasteiger partial charge in [-0.25, -0.2) is 19.2 Å². The monoisotopic (exact) mass is 566 g/mol. The molecule has 1 atom stereocenters. The third-order valence-electron chi connectivity index (χ3n) is 7.65. The van der Waals surface area contributed by atoms with Gasteiger partial charge in [0, 0.05) is 42.9 Å². The van der Waals surface area contributed by atoms with E-state index in [0.29, 0.717) is 59.4 Å². The van der Waals surface area contributed by atoms with E-state index in [1.807, 2.05) is 4.57 Å². The molecule has 0 aliphatic carbocycles. The number of imidazole rings is 1. The topological polar surface area (TPSA) is 115 Å². The highest BCUT2D eigenvalue weighted by atomic mass is 35.5. The van der Waals surface area contributed by atoms with Crippen LogP contribution in [-0.4, -0.2) is 72.0 Å². The van der Waals surface area contributed by atoms with Gasteiger partial charge < -0.3 is 19.3 Å². The quantitative estimate of drug-likeness (QED) is 0.342. The van der Waals surface area contributed by atoms with E-state index in [1.165, 1.54) is 12.1 Å². The maximum atomic E-state index is 14.2. The van der Waals surface area contributed by atoms with E-state index < -0.39 is 11.8 Å². The molecule has 0 bridgehead atoms. The van der Waals surface area contributed by atoms with E-state index in [9.17, 15) is 19.1 Å². The van der Waals surface area contributed by atoms with E-state index >= 15 is 0 Å². The van der Waals surface area contributed by atoms with Crippen molar-refractivity contribution in [2.75, 3.05) is 19.7 Å². The third kappa shape index (κ3) is 5.44. The summed E-state index contributed by atoms with van der Waals surface area (Å²) in [6, 6.07) is 9.33. The Morgan fingerprint density at radius 3 is 2.58 bits per heavy atom. The largest absolute Gasteiger partial charge is 0.477 e. The number of ether oxygens (including phenoxy) is 1. The molecule has 2 aliphatic rings. The first-order valence-electron chi connectivity index (χ1n) is 13.3. The van der Waals surface area contributed by atoms with Crippen molar-refractivity contribution in [1.82, 2.24) is 29.2 Å². The number of rotatable bonds is 8. The first-order valence-corrected chi connectivity index (χ1v) is 13.7. The van der Waals surface area contributed by atoms with Gasteiger partial charge in [-0.05, 0) is 55.5 Å². The Hall–Kier alpha value is -3.83. The molecule has 10 nitrogen and oxygen atoms in total. The van der Waals surface area contributed by atoms with Gasteiger partial charge in [0.05, 0.1) is 19.2 Å². The third-order valence-corrected chi connectivity index (χ3v) is 7.89. The van der Waals surface area contributed by atoms with Gasteiger partial charge in [0.1, 0.15) is 22.9 Å². The highest BCUT2D eigenvalue weighted by molar-refractivity contribution is 6.30. The molecule has 0 unspecified atom stereocenters. The van der Waals surface area contributed by atoms with Gasteiger partial charge in [0.2, 0.25) is 0 Å². The fourth-order valence-electron chi connectivity index (χ4n) is 5.30. The molecule has 40 heavy (non-hydrogen) atoms. The summed E-state index contributed by atoms with van der Waals surface area (Å²) in [5.74, 6) is -0.460. The smallest absolute Gasteiger partial charge is 0.354 e. The van der Waals surface area contributed by atoms with Crippen molar-refractivity contribution in [2.24, 2.45) is 5.92 Å². The molecule has 2 aliphatic heterocycles. The number of nitrogens with zero attached hydrogens (tertiary/aromatic N) is 6. The summed E-state index contributed by atoms with van der Waals surface area (Å²) in [5, 5.41) is 14.1. The molecular weight excluding hydrogens is 539 g/mol. The normalized spacial score (nSPS) is 17.8. The van der Waals surface area contributed by atoms with Gasteiger partial charge in [0.25, 0.3) is 5.91 Å². The SMILES string of the molecule is O=C(O)c1ccc2nc(CC3CCN(C(=O)c4ccn(Cc5ccc(Cl)cc5F)n4)CC3)n(C[C@@H]3CCO3)c2n1. The molecule has 1 amide bonds. The van der Waals surface area contributed by atoms with Crippen molar-refractivity contribution in [1.29, 1.82) is 0 Å². The molecule has 12 heteroatoms. The average molecular weight is 567 g/mol. The molecule has 0 radical (unpaired) electrons. The molecule has 0 spiro atoms. The lowest BCUT2D eigenvalue weighted by Crippen LogP contribution is -2.39. The van der Waals surface area contributed by atoms with E-state index in [0.717, 1.165) is 31.7 Å². The number of hydrogen-bond donors (Lipinski definition) is 1. The molecule has 5 heterocycles. The summed E-state index contributed by atoms with van der Waals surface area (Å²) in [7, 11) is 0. The Labute approximate surface area is 234 Å². The first kappa shape index (κ1) is 26.4. The van der Waals surface area contributed by atoms with Crippen LogP contribution < -0.4 is 0 Å². The summed E-state index contributed by atoms with van der Waals surface area (Å²) in [6.45, 7) is 2.70. The number of carboxylic acids is 1. The summed E-state index contributed by atoms with van der Waals surface area (Å²) < 4.78 is 23.3. The standard InChI is InChI=1S/C28H28ClFN6O4/c29-19-2-1-18(21(30)14-19)15-35-11-7-23(33-35)27(37)34-9-5-17(6-10-34)13-25-31-22-3-4-24(28(38)39)32-26(22)36(25)16-20-8-12-40-20/h1-4,7,11,14,17,20H,5-6,8-10,12-13,15-16H2,(H,38,39)/t20-/m0/s1. The number of amides is 1. The van der Waals surface area contributed by atoms with Gasteiger partial charge in [-0.2, -0.15) is 5.10 Å². The van der Waals surface area contributed by atoms with Crippen molar-refractivity contribution in [3.05, 3.63) is 76.2 Å². The van der Waals surface area contributed by atoms with Crippen LogP contribution in [0.1, 0.15) is 51.6 Å². The van der Waals surface area contributed by atoms with Gasteiger partial charge in [0.15, 0.2) is 11.3 Å². The fourth-order valence-corrected chi connectivity index (χ4v) is 5.45. The minimum absolute atomic E-state index is 0.0118. The van der Waals surface area contributed by atoms with E-state index in [4.69, 9.17) is 21.3 Å². The molecule has 3 aromatic heterocycles. The van der Waals surface area contributed by atoms with Crippen molar-refractivity contribution in [3.63, 3.8) is 0 Å². The van der Waals surface area contributed by atoms with Crippen LogP contribution in [0.3, 0.4) is 0 Å². The lowest BCUT2D eigenvalue weighted by molar-refractivity contribution is -0.0591. The Balaban J connectivity index is 1.10. The number of benzene rings is 1. The number of likely N-dealkylation sites (tertiary alicyclic amines) is 1. The number of aromatic nitrogens is 5. The second kappa shape index (κ2) is 11.0. The highest BCUT2D eigenvalue weighted by Crippen LogP contribution is 2.26. The molecule has 6 rings (SSSR count). The zero-order valence-corrected chi connectivity index (χ0v) is 22.4. The molecule has 0 saturated carbocycles. The minimum Gasteiger partial charge on any atom is -0.477 e. The number of pyridine rings is 1. The number of piperidine rings is 1. The number of halogens is 2. The lowest BCUT2D eigenvalue weighted by Gasteiger charge is -2.32. The fraction of sp³-hybridized carbons (Fsp3) is 0.393. The summed E-state index contributed by atoms with van der Waals surface area (Å²) in [5.41, 5.74) is 1.99. The number of fused-ring (bicyclic) bond motifs is 1. The summed E-state index contributed by atoms with van der Waals surface area (Å²) in [4.78, 5) is 35.6. The number of aromatic carboxylic acids is 1. The molecule has 1 N–H and O–H groups in total. The molecule has 2 fully saturated rings. The highest BCUT2D eigenvalue weighted by Gasteiger charge is 2.28. The summed E-state index contributed by atoms with van der Waals surface area (Å²) in [6.07, 6.45) is 5.01. The van der Waals surface area contributed by atoms with Crippen LogP contribution in [0.15, 0.2) is 42.6 Å². The Morgan fingerprint density at radius 2 is 1.88 bits per heavy atom. The van der Waals surface area contributed by atoms with Crippen LogP contribution in [0, 0.1) is 11.7 Å². The number of hydrogen-bond acceptors (Lipinski definition) is 6. The predicted octanol–water partition coefficient (Wildman–Crippen LogP) is 4.05. The van der Waals surface area contributed by atoms with Crippen molar-refractivity contribution < 1.29 is 23.8 Å². The van der Waals surface area contributed by atoms with Crippen molar-refractivity contribution in [2.45, 2.75) is 44.9 Å². The Morgan fingerprint density at radius 1 is 1.07 bits per heavy atom.